The Labute approximate surface area is 269 Å². The van der Waals surface area contributed by atoms with E-state index in [1.165, 1.54) is 5.56 Å². The highest BCUT2D eigenvalue weighted by molar-refractivity contribution is 5.97. The van der Waals surface area contributed by atoms with Crippen LogP contribution in [0.1, 0.15) is 65.1 Å². The van der Waals surface area contributed by atoms with E-state index in [4.69, 9.17) is 23.5 Å². The van der Waals surface area contributed by atoms with E-state index in [-0.39, 0.29) is 18.2 Å². The zero-order chi connectivity index (χ0) is 31.6. The fourth-order valence-corrected chi connectivity index (χ4v) is 8.20. The van der Waals surface area contributed by atoms with Gasteiger partial charge in [0, 0.05) is 34.4 Å². The number of nitrogens with one attached hydrogen (secondary N) is 3. The van der Waals surface area contributed by atoms with E-state index in [2.05, 4.69) is 64.5 Å². The summed E-state index contributed by atoms with van der Waals surface area (Å²) in [7, 11) is 0. The molecule has 5 aromatic rings. The predicted molar refractivity (Wildman–Crippen MR) is 171 cm³/mol. The Morgan fingerprint density at radius 1 is 1.04 bits per heavy atom. The van der Waals surface area contributed by atoms with Gasteiger partial charge in [0.15, 0.2) is 23.4 Å². The number of benzene rings is 3. The van der Waals surface area contributed by atoms with E-state index < -0.39 is 23.7 Å². The minimum atomic E-state index is -0.986. The van der Waals surface area contributed by atoms with Crippen molar-refractivity contribution in [1.82, 2.24) is 20.6 Å². The summed E-state index contributed by atoms with van der Waals surface area (Å²) in [6.07, 6.45) is 5.02. The van der Waals surface area contributed by atoms with Crippen molar-refractivity contribution in [3.05, 3.63) is 112 Å². The molecule has 2 aromatic heterocycles. The molecule has 3 N–H and O–H groups in total. The van der Waals surface area contributed by atoms with Crippen LogP contribution in [0.15, 0.2) is 75.7 Å². The van der Waals surface area contributed by atoms with Gasteiger partial charge < -0.3 is 29.5 Å². The van der Waals surface area contributed by atoms with Crippen LogP contribution in [0, 0.1) is 5.92 Å². The van der Waals surface area contributed by atoms with Crippen LogP contribution in [0.2, 0.25) is 0 Å². The topological polar surface area (TPSA) is 132 Å². The summed E-state index contributed by atoms with van der Waals surface area (Å²) >= 11 is 0. The molecule has 2 unspecified atom stereocenters. The third-order valence-corrected chi connectivity index (χ3v) is 10.3. The lowest BCUT2D eigenvalue weighted by molar-refractivity contribution is -0.126. The van der Waals surface area contributed by atoms with Gasteiger partial charge in [0.1, 0.15) is 23.2 Å². The Kier molecular flexibility index (Phi) is 5.21. The Balaban J connectivity index is 1.35. The first-order valence-corrected chi connectivity index (χ1v) is 16.0. The molecule has 1 aliphatic carbocycles. The number of hydrogen-bond donors (Lipinski definition) is 3. The second-order valence-corrected chi connectivity index (χ2v) is 13.2. The number of oxazole rings is 2. The van der Waals surface area contributed by atoms with E-state index in [1.807, 2.05) is 26.0 Å². The molecule has 6 heterocycles. The quantitative estimate of drug-likeness (QED) is 0.232. The minimum Gasteiger partial charge on any atom is -0.469 e. The largest absolute Gasteiger partial charge is 0.469 e. The average molecular weight is 624 g/mol. The van der Waals surface area contributed by atoms with Crippen LogP contribution in [-0.4, -0.2) is 34.6 Å². The van der Waals surface area contributed by atoms with Crippen LogP contribution in [0.4, 0.5) is 5.69 Å². The third kappa shape index (κ3) is 3.39. The van der Waals surface area contributed by atoms with Crippen molar-refractivity contribution in [1.29, 1.82) is 0 Å². The fourth-order valence-electron chi connectivity index (χ4n) is 8.20. The Morgan fingerprint density at radius 2 is 1.91 bits per heavy atom. The summed E-state index contributed by atoms with van der Waals surface area (Å²) in [6, 6.07) is 17.3. The lowest BCUT2D eigenvalue weighted by Crippen LogP contribution is -2.47. The molecule has 47 heavy (non-hydrogen) atoms. The highest BCUT2D eigenvalue weighted by Gasteiger charge is 2.61. The van der Waals surface area contributed by atoms with Gasteiger partial charge in [-0.2, -0.15) is 0 Å². The molecule has 3 aromatic carbocycles. The maximum absolute atomic E-state index is 13.7. The van der Waals surface area contributed by atoms with Gasteiger partial charge in [-0.3, -0.25) is 9.59 Å². The van der Waals surface area contributed by atoms with Gasteiger partial charge in [-0.1, -0.05) is 68.5 Å². The van der Waals surface area contributed by atoms with Crippen molar-refractivity contribution in [2.75, 3.05) is 5.32 Å². The fraction of sp³-hybridized carbons (Fsp3) is 0.243. The first-order chi connectivity index (χ1) is 22.9. The zero-order valence-electron chi connectivity index (χ0n) is 25.6. The highest BCUT2D eigenvalue weighted by Crippen LogP contribution is 2.61. The number of hydrogen-bond acceptors (Lipinski definition) is 8. The second-order valence-electron chi connectivity index (χ2n) is 13.2. The molecule has 10 heteroatoms. The number of para-hydroxylation sites is 1. The maximum Gasteiger partial charge on any atom is 0.249 e. The van der Waals surface area contributed by atoms with Gasteiger partial charge in [-0.05, 0) is 40.7 Å². The minimum absolute atomic E-state index is 0.0982. The van der Waals surface area contributed by atoms with Crippen molar-refractivity contribution in [3.63, 3.8) is 0 Å². The number of carbonyl (C=O) groups is 2. The number of carbonyl (C=O) groups excluding carboxylic acids is 2. The van der Waals surface area contributed by atoms with Crippen molar-refractivity contribution in [2.45, 2.75) is 50.4 Å². The average Bonchev–Trinajstić information content (AvgIpc) is 3.88. The molecule has 0 fully saturated rings. The molecule has 10 rings (SSSR count). The van der Waals surface area contributed by atoms with E-state index in [1.54, 1.807) is 6.20 Å². The third-order valence-electron chi connectivity index (χ3n) is 10.3. The van der Waals surface area contributed by atoms with E-state index in [0.717, 1.165) is 51.1 Å². The summed E-state index contributed by atoms with van der Waals surface area (Å²) in [5, 5.41) is 9.63. The first-order valence-electron chi connectivity index (χ1n) is 16.0. The lowest BCUT2D eigenvalue weighted by Gasteiger charge is -2.28. The summed E-state index contributed by atoms with van der Waals surface area (Å²) in [4.78, 5) is 35.2. The molecule has 10 nitrogen and oxygen atoms in total. The van der Waals surface area contributed by atoms with Crippen molar-refractivity contribution in [2.24, 2.45) is 5.92 Å². The molecule has 0 radical (unpaired) electrons. The lowest BCUT2D eigenvalue weighted by atomic mass is 9.72. The summed E-state index contributed by atoms with van der Waals surface area (Å²) < 4.78 is 20.3. The van der Waals surface area contributed by atoms with Gasteiger partial charge in [0.2, 0.25) is 24.1 Å². The molecule has 2 amide bonds. The number of fused-ring (bicyclic) bond motifs is 7. The molecule has 4 aliphatic heterocycles. The van der Waals surface area contributed by atoms with Crippen molar-refractivity contribution in [3.8, 4) is 28.5 Å². The van der Waals surface area contributed by atoms with Gasteiger partial charge in [0.05, 0.1) is 6.20 Å². The standard InChI is InChI=1S/C37H29N5O5/c1-17(2)29-35-41-31-32(47-35)37-23-8-4-7-21(20-6-3-5-19-10-11-22(28(19)20)27-15-38-34(31)45-27)30(23)42-36(37)46-26-12-9-18(13-24(26)37)14-25(39-16-43)33(44)40-29/h3-9,11-13,15-17,25,29,36,42H,10,14H2,1-2H3,(H,39,43)(H,40,44)/t25?,29-,36-,37?/m0/s1. The number of amides is 2. The van der Waals surface area contributed by atoms with Crippen molar-refractivity contribution < 1.29 is 23.2 Å². The number of rotatable bonds is 3. The van der Waals surface area contributed by atoms with Crippen LogP contribution >= 0.6 is 0 Å². The van der Waals surface area contributed by atoms with Gasteiger partial charge >= 0.3 is 0 Å². The van der Waals surface area contributed by atoms with Crippen LogP contribution in [0.5, 0.6) is 5.75 Å². The van der Waals surface area contributed by atoms with Gasteiger partial charge in [-0.15, -0.1) is 0 Å². The summed E-state index contributed by atoms with van der Waals surface area (Å²) in [5.41, 5.74) is 8.64. The number of aromatic nitrogens is 2. The van der Waals surface area contributed by atoms with Crippen LogP contribution in [0.25, 0.3) is 28.3 Å². The predicted octanol–water partition coefficient (Wildman–Crippen LogP) is 5.26. The number of ether oxygens (including phenoxy) is 1. The Morgan fingerprint density at radius 3 is 2.79 bits per heavy atom. The van der Waals surface area contributed by atoms with Crippen LogP contribution in [-0.2, 0) is 27.8 Å². The highest BCUT2D eigenvalue weighted by atomic mass is 16.5. The zero-order valence-corrected chi connectivity index (χ0v) is 25.6. The summed E-state index contributed by atoms with van der Waals surface area (Å²) in [5.74, 6) is 2.10. The first kappa shape index (κ1) is 26.6. The second kappa shape index (κ2) is 9.22. The molecule has 5 aliphatic rings. The van der Waals surface area contributed by atoms with Gasteiger partial charge in [-0.25, -0.2) is 9.97 Å². The number of anilines is 1. The van der Waals surface area contributed by atoms with E-state index in [0.29, 0.717) is 41.2 Å². The SMILES string of the molecule is CC(C)[C@@H]1NC(=O)C(NC=O)Cc2ccc3c(c2)C24c5cccc(c5N[C@H]2O3)-c2cccc3c2C(=CC3)c2cnc(o2)-c2nc1oc24. The molecule has 4 atom stereocenters. The van der Waals surface area contributed by atoms with Crippen molar-refractivity contribution >= 4 is 23.6 Å². The number of nitrogens with zero attached hydrogens (tertiary/aromatic N) is 2. The van der Waals surface area contributed by atoms with Crippen LogP contribution in [0.3, 0.4) is 0 Å². The van der Waals surface area contributed by atoms with E-state index >= 15 is 0 Å². The smallest absolute Gasteiger partial charge is 0.249 e. The maximum atomic E-state index is 13.7. The molecule has 232 valence electrons. The molecule has 0 saturated heterocycles. The Bertz CT molecular complexity index is 2230. The van der Waals surface area contributed by atoms with Crippen LogP contribution < -0.4 is 20.7 Å². The normalized spacial score (nSPS) is 23.8. The molecule has 1 spiro atoms. The molecular formula is C37H29N5O5. The summed E-state index contributed by atoms with van der Waals surface area (Å²) in [6.45, 7) is 3.99. The van der Waals surface area contributed by atoms with E-state index in [9.17, 15) is 9.59 Å². The van der Waals surface area contributed by atoms with Gasteiger partial charge in [0.25, 0.3) is 0 Å². The number of allylic oxidation sites excluding steroid dienone is 1. The molecular weight excluding hydrogens is 594 g/mol. The monoisotopic (exact) mass is 623 g/mol. The Hall–Kier alpha value is -5.64. The molecule has 0 saturated carbocycles. The molecule has 10 bridgehead atoms.